The van der Waals surface area contributed by atoms with E-state index in [1.807, 2.05) is 13.3 Å². The normalized spacial score (nSPS) is 24.7. The second-order valence-corrected chi connectivity index (χ2v) is 6.91. The maximum absolute atomic E-state index is 11.3. The molecule has 22 heavy (non-hydrogen) atoms. The molecule has 2 unspecified atom stereocenters. The molecule has 0 aromatic heterocycles. The Balaban J connectivity index is 1.86. The van der Waals surface area contributed by atoms with E-state index in [2.05, 4.69) is 11.8 Å². The average Bonchev–Trinajstić information content (AvgIpc) is 3.12. The molecule has 2 atom stereocenters. The number of nitro groups is 1. The zero-order valence-corrected chi connectivity index (χ0v) is 13.8. The van der Waals surface area contributed by atoms with Crippen LogP contribution < -0.4 is 9.47 Å². The van der Waals surface area contributed by atoms with Crippen LogP contribution in [0.5, 0.6) is 11.5 Å². The van der Waals surface area contributed by atoms with Crippen molar-refractivity contribution in [3.8, 4) is 11.5 Å². The molecule has 1 saturated heterocycles. The lowest BCUT2D eigenvalue weighted by Crippen LogP contribution is -2.51. The zero-order valence-electron chi connectivity index (χ0n) is 12.9. The smallest absolute Gasteiger partial charge is 0.312 e. The SMILES string of the molecule is CSc1cc([N+](=O)[O-])c(OC2CC2C)cc1OC1CN(C)C1. The highest BCUT2D eigenvalue weighted by Crippen LogP contribution is 2.43. The minimum atomic E-state index is -0.386. The first-order valence-electron chi connectivity index (χ1n) is 7.36. The van der Waals surface area contributed by atoms with Gasteiger partial charge >= 0.3 is 5.69 Å². The molecule has 0 amide bonds. The number of nitrogens with zero attached hydrogens (tertiary/aromatic N) is 2. The van der Waals surface area contributed by atoms with Crippen molar-refractivity contribution in [1.29, 1.82) is 0 Å². The quantitative estimate of drug-likeness (QED) is 0.455. The fourth-order valence-corrected chi connectivity index (χ4v) is 3.07. The van der Waals surface area contributed by atoms with Gasteiger partial charge in [-0.1, -0.05) is 6.92 Å². The van der Waals surface area contributed by atoms with Crippen LogP contribution in [0.2, 0.25) is 0 Å². The lowest BCUT2D eigenvalue weighted by Gasteiger charge is -2.36. The van der Waals surface area contributed by atoms with Gasteiger partial charge in [0.15, 0.2) is 0 Å². The van der Waals surface area contributed by atoms with E-state index in [9.17, 15) is 10.1 Å². The summed E-state index contributed by atoms with van der Waals surface area (Å²) in [6, 6.07) is 3.25. The Labute approximate surface area is 133 Å². The van der Waals surface area contributed by atoms with Crippen molar-refractivity contribution in [1.82, 2.24) is 4.90 Å². The molecule has 0 bridgehead atoms. The van der Waals surface area contributed by atoms with Gasteiger partial charge in [0.2, 0.25) is 5.75 Å². The molecule has 1 aromatic rings. The summed E-state index contributed by atoms with van der Waals surface area (Å²) in [6.45, 7) is 3.83. The Hall–Kier alpha value is -1.47. The van der Waals surface area contributed by atoms with Crippen LogP contribution in [0.15, 0.2) is 17.0 Å². The summed E-state index contributed by atoms with van der Waals surface area (Å²) in [5, 5.41) is 11.3. The highest BCUT2D eigenvalue weighted by molar-refractivity contribution is 7.98. The van der Waals surface area contributed by atoms with E-state index in [1.165, 1.54) is 11.8 Å². The van der Waals surface area contributed by atoms with Gasteiger partial charge < -0.3 is 9.47 Å². The number of hydrogen-bond donors (Lipinski definition) is 0. The van der Waals surface area contributed by atoms with E-state index in [-0.39, 0.29) is 22.8 Å². The fraction of sp³-hybridized carbons (Fsp3) is 0.600. The van der Waals surface area contributed by atoms with Crippen LogP contribution in [0.25, 0.3) is 0 Å². The molecule has 6 nitrogen and oxygen atoms in total. The van der Waals surface area contributed by atoms with Crippen LogP contribution in [0.3, 0.4) is 0 Å². The lowest BCUT2D eigenvalue weighted by atomic mass is 10.2. The second kappa shape index (κ2) is 5.96. The predicted octanol–water partition coefficient (Wildman–Crippen LogP) is 2.80. The molecule has 2 fully saturated rings. The van der Waals surface area contributed by atoms with Gasteiger partial charge in [-0.05, 0) is 25.6 Å². The van der Waals surface area contributed by atoms with Crippen LogP contribution in [0, 0.1) is 16.0 Å². The molecule has 1 aliphatic carbocycles. The topological polar surface area (TPSA) is 64.8 Å². The Kier molecular flexibility index (Phi) is 4.18. The number of benzene rings is 1. The van der Waals surface area contributed by atoms with Gasteiger partial charge in [-0.2, -0.15) is 0 Å². The summed E-state index contributed by atoms with van der Waals surface area (Å²) in [5.74, 6) is 1.46. The molecule has 2 aliphatic rings. The molecule has 0 radical (unpaired) electrons. The van der Waals surface area contributed by atoms with Gasteiger partial charge in [0.1, 0.15) is 18.0 Å². The Bertz CT molecular complexity index is 589. The van der Waals surface area contributed by atoms with Crippen molar-refractivity contribution in [2.24, 2.45) is 5.92 Å². The average molecular weight is 324 g/mol. The molecule has 1 heterocycles. The van der Waals surface area contributed by atoms with Crippen LogP contribution in [0.1, 0.15) is 13.3 Å². The molecule has 0 N–H and O–H groups in total. The highest BCUT2D eigenvalue weighted by atomic mass is 32.2. The molecule has 120 valence electrons. The third-order valence-electron chi connectivity index (χ3n) is 4.08. The van der Waals surface area contributed by atoms with Crippen LogP contribution in [0.4, 0.5) is 5.69 Å². The van der Waals surface area contributed by atoms with E-state index in [0.29, 0.717) is 17.4 Å². The van der Waals surface area contributed by atoms with Gasteiger partial charge in [0.25, 0.3) is 0 Å². The van der Waals surface area contributed by atoms with E-state index < -0.39 is 0 Å². The Morgan fingerprint density at radius 3 is 2.50 bits per heavy atom. The molecule has 3 rings (SSSR count). The van der Waals surface area contributed by atoms with Crippen LogP contribution in [-0.4, -0.2) is 48.4 Å². The second-order valence-electron chi connectivity index (χ2n) is 6.06. The summed E-state index contributed by atoms with van der Waals surface area (Å²) >= 11 is 1.45. The number of hydrogen-bond acceptors (Lipinski definition) is 6. The molecular weight excluding hydrogens is 304 g/mol. The van der Waals surface area contributed by atoms with Crippen molar-refractivity contribution in [2.75, 3.05) is 26.4 Å². The van der Waals surface area contributed by atoms with Crippen molar-refractivity contribution in [2.45, 2.75) is 30.4 Å². The number of likely N-dealkylation sites (N-methyl/N-ethyl adjacent to an activating group) is 1. The van der Waals surface area contributed by atoms with Crippen LogP contribution >= 0.6 is 11.8 Å². The number of nitro benzene ring substituents is 1. The van der Waals surface area contributed by atoms with Crippen LogP contribution in [-0.2, 0) is 0 Å². The number of thioether (sulfide) groups is 1. The Morgan fingerprint density at radius 2 is 2.00 bits per heavy atom. The maximum atomic E-state index is 11.3. The molecule has 0 spiro atoms. The van der Waals surface area contributed by atoms with Crippen molar-refractivity contribution < 1.29 is 14.4 Å². The number of rotatable bonds is 6. The third-order valence-corrected chi connectivity index (χ3v) is 4.84. The van der Waals surface area contributed by atoms with Gasteiger partial charge in [-0.3, -0.25) is 15.0 Å². The van der Waals surface area contributed by atoms with Gasteiger partial charge in [0.05, 0.1) is 9.82 Å². The first-order valence-corrected chi connectivity index (χ1v) is 8.58. The van der Waals surface area contributed by atoms with Gasteiger partial charge in [-0.15, -0.1) is 11.8 Å². The largest absolute Gasteiger partial charge is 0.486 e. The van der Waals surface area contributed by atoms with Crippen molar-refractivity contribution in [3.63, 3.8) is 0 Å². The Morgan fingerprint density at radius 1 is 1.32 bits per heavy atom. The first kappa shape index (κ1) is 15.4. The minimum Gasteiger partial charge on any atom is -0.486 e. The molecule has 1 aromatic carbocycles. The van der Waals surface area contributed by atoms with Gasteiger partial charge in [-0.25, -0.2) is 0 Å². The van der Waals surface area contributed by atoms with E-state index in [0.717, 1.165) is 24.4 Å². The standard InChI is InChI=1S/C15H20N2O4S/c1-9-4-12(9)21-13-6-14(20-10-7-16(2)8-10)15(22-3)5-11(13)17(18)19/h5-6,9-10,12H,4,7-8H2,1-3H3. The fourth-order valence-electron chi connectivity index (χ4n) is 2.53. The maximum Gasteiger partial charge on any atom is 0.312 e. The number of likely N-dealkylation sites (tertiary alicyclic amines) is 1. The summed E-state index contributed by atoms with van der Waals surface area (Å²) in [4.78, 5) is 13.8. The molecule has 1 aliphatic heterocycles. The summed E-state index contributed by atoms with van der Waals surface area (Å²) in [6.07, 6.45) is 3.07. The summed E-state index contributed by atoms with van der Waals surface area (Å²) in [5.41, 5.74) is 0.0153. The third kappa shape index (κ3) is 3.15. The van der Waals surface area contributed by atoms with Crippen molar-refractivity contribution >= 4 is 17.4 Å². The van der Waals surface area contributed by atoms with E-state index >= 15 is 0 Å². The molecule has 7 heteroatoms. The first-order chi connectivity index (χ1) is 10.5. The van der Waals surface area contributed by atoms with E-state index in [1.54, 1.807) is 12.1 Å². The molecular formula is C15H20N2O4S. The monoisotopic (exact) mass is 324 g/mol. The predicted molar refractivity (Wildman–Crippen MR) is 85.0 cm³/mol. The summed E-state index contributed by atoms with van der Waals surface area (Å²) < 4.78 is 11.8. The summed E-state index contributed by atoms with van der Waals surface area (Å²) in [7, 11) is 2.04. The minimum absolute atomic E-state index is 0.0153. The van der Waals surface area contributed by atoms with Gasteiger partial charge in [0, 0.05) is 25.2 Å². The zero-order chi connectivity index (χ0) is 15.9. The highest BCUT2D eigenvalue weighted by Gasteiger charge is 2.37. The lowest BCUT2D eigenvalue weighted by molar-refractivity contribution is -0.386. The molecule has 1 saturated carbocycles. The number of ether oxygens (including phenoxy) is 2. The van der Waals surface area contributed by atoms with Crippen molar-refractivity contribution in [3.05, 3.63) is 22.2 Å². The van der Waals surface area contributed by atoms with E-state index in [4.69, 9.17) is 9.47 Å².